The second-order valence-corrected chi connectivity index (χ2v) is 4.68. The van der Waals surface area contributed by atoms with Gasteiger partial charge < -0.3 is 10.1 Å². The largest absolute Gasteiger partial charge is 0.443 e. The molecule has 1 aromatic heterocycles. The second-order valence-electron chi connectivity index (χ2n) is 4.68. The lowest BCUT2D eigenvalue weighted by Crippen LogP contribution is -2.05. The van der Waals surface area contributed by atoms with Crippen molar-refractivity contribution >= 4 is 28.6 Å². The molecule has 0 spiro atoms. The number of hydrogen-bond acceptors (Lipinski definition) is 11. The maximum atomic E-state index is 11.3. The number of nitrogens with zero attached hydrogens (tertiary/aromatic N) is 6. The van der Waals surface area contributed by atoms with E-state index >= 15 is 0 Å². The van der Waals surface area contributed by atoms with Gasteiger partial charge in [-0.2, -0.15) is 0 Å². The van der Waals surface area contributed by atoms with Gasteiger partial charge in [-0.3, -0.25) is 40.5 Å². The monoisotopic (exact) mass is 380 g/mol. The van der Waals surface area contributed by atoms with Crippen molar-refractivity contribution in [1.82, 2.24) is 4.98 Å². The Morgan fingerprint density at radius 2 is 1.22 bits per heavy atom. The summed E-state index contributed by atoms with van der Waals surface area (Å²) in [6.07, 6.45) is 0.690. The third-order valence-electron chi connectivity index (χ3n) is 3.22. The molecule has 16 nitrogen and oxygen atoms in total. The molecule has 1 heterocycles. The first-order chi connectivity index (χ1) is 12.6. The minimum Gasteiger partial charge on any atom is -0.358 e. The third-order valence-corrected chi connectivity index (χ3v) is 3.22. The van der Waals surface area contributed by atoms with Crippen molar-refractivity contribution in [2.24, 2.45) is 0 Å². The van der Waals surface area contributed by atoms with Gasteiger partial charge in [0.1, 0.15) is 11.8 Å². The molecule has 0 aliphatic heterocycles. The van der Waals surface area contributed by atoms with Gasteiger partial charge in [0.05, 0.1) is 37.4 Å². The summed E-state index contributed by atoms with van der Waals surface area (Å²) in [5.74, 6) is -1.31. The van der Waals surface area contributed by atoms with Crippen LogP contribution in [0, 0.1) is 50.6 Å². The number of pyridine rings is 1. The average Bonchev–Trinajstić information content (AvgIpc) is 2.59. The van der Waals surface area contributed by atoms with Gasteiger partial charge in [-0.1, -0.05) is 0 Å². The van der Waals surface area contributed by atoms with E-state index in [0.29, 0.717) is 18.3 Å². The number of hydrogen-bond donors (Lipinski definition) is 0. The van der Waals surface area contributed by atoms with Crippen LogP contribution in [0.2, 0.25) is 0 Å². The first-order valence-electron chi connectivity index (χ1n) is 6.45. The summed E-state index contributed by atoms with van der Waals surface area (Å²) in [5, 5.41) is 55.7. The van der Waals surface area contributed by atoms with Gasteiger partial charge in [0.15, 0.2) is 0 Å². The summed E-state index contributed by atoms with van der Waals surface area (Å²) in [4.78, 5) is 52.8. The fourth-order valence-corrected chi connectivity index (χ4v) is 2.22. The average molecular weight is 380 g/mol. The van der Waals surface area contributed by atoms with Crippen molar-refractivity contribution in [2.45, 2.75) is 0 Å². The minimum atomic E-state index is -1.33. The molecule has 0 saturated carbocycles. The highest BCUT2D eigenvalue weighted by molar-refractivity contribution is 5.90. The highest BCUT2D eigenvalue weighted by Gasteiger charge is 2.39. The smallest absolute Gasteiger partial charge is 0.358 e. The summed E-state index contributed by atoms with van der Waals surface area (Å²) < 4.78 is 0. The number of rotatable bonds is 6. The lowest BCUT2D eigenvalue weighted by atomic mass is 10.00. The Bertz CT molecular complexity index is 999. The van der Waals surface area contributed by atoms with Crippen LogP contribution in [0.25, 0.3) is 11.1 Å². The van der Waals surface area contributed by atoms with E-state index in [0.717, 1.165) is 6.07 Å². The van der Waals surface area contributed by atoms with Gasteiger partial charge in [0, 0.05) is 0 Å². The van der Waals surface area contributed by atoms with Crippen molar-refractivity contribution in [2.75, 3.05) is 0 Å². The first kappa shape index (κ1) is 18.7. The van der Waals surface area contributed by atoms with Crippen LogP contribution in [0.15, 0.2) is 24.4 Å². The van der Waals surface area contributed by atoms with E-state index in [1.165, 1.54) is 0 Å². The number of benzene rings is 1. The second kappa shape index (κ2) is 6.70. The van der Waals surface area contributed by atoms with Crippen LogP contribution in [0.4, 0.5) is 28.6 Å². The SMILES string of the molecule is O=[N+]([O-])c1cc([N+](=O)[O-])c(-c2ccnc([N+](=O)[O-])c2[N+](=O)[O-])c([N+](=O)[O-])c1. The molecule has 0 bridgehead atoms. The van der Waals surface area contributed by atoms with Gasteiger partial charge in [0.25, 0.3) is 17.1 Å². The van der Waals surface area contributed by atoms with Gasteiger partial charge in [-0.15, -0.1) is 0 Å². The summed E-state index contributed by atoms with van der Waals surface area (Å²) >= 11 is 0. The van der Waals surface area contributed by atoms with Crippen molar-refractivity contribution < 1.29 is 24.6 Å². The Hall–Kier alpha value is -4.63. The Labute approximate surface area is 145 Å². The molecule has 0 N–H and O–H groups in total. The van der Waals surface area contributed by atoms with Crippen LogP contribution >= 0.6 is 0 Å². The fraction of sp³-hybridized carbons (Fsp3) is 0. The number of nitro benzene ring substituents is 3. The molecule has 27 heavy (non-hydrogen) atoms. The Morgan fingerprint density at radius 1 is 0.704 bits per heavy atom. The van der Waals surface area contributed by atoms with E-state index < -0.39 is 64.3 Å². The van der Waals surface area contributed by atoms with Crippen molar-refractivity contribution in [3.63, 3.8) is 0 Å². The molecule has 0 aliphatic carbocycles. The minimum absolute atomic E-state index is 0.359. The molecule has 2 rings (SSSR count). The molecule has 138 valence electrons. The molecule has 0 unspecified atom stereocenters. The highest BCUT2D eigenvalue weighted by atomic mass is 16.6. The molecular formula is C11H4N6O10. The van der Waals surface area contributed by atoms with E-state index in [2.05, 4.69) is 4.98 Å². The maximum Gasteiger partial charge on any atom is 0.443 e. The molecule has 2 aromatic rings. The summed E-state index contributed by atoms with van der Waals surface area (Å²) in [6, 6.07) is 1.45. The van der Waals surface area contributed by atoms with E-state index in [1.807, 2.05) is 0 Å². The quantitative estimate of drug-likeness (QED) is 0.521. The number of nitro groups is 5. The maximum absolute atomic E-state index is 11.3. The molecule has 0 saturated heterocycles. The Kier molecular flexibility index (Phi) is 4.64. The van der Waals surface area contributed by atoms with Crippen molar-refractivity contribution in [1.29, 1.82) is 0 Å². The lowest BCUT2D eigenvalue weighted by molar-refractivity contribution is -0.425. The normalized spacial score (nSPS) is 10.2. The Morgan fingerprint density at radius 3 is 1.59 bits per heavy atom. The molecule has 0 fully saturated rings. The highest BCUT2D eigenvalue weighted by Crippen LogP contribution is 2.46. The standard InChI is InChI=1S/C11H4N6O10/c18-13(19)5-3-7(14(20)21)9(8(4-5)15(22)23)6-1-2-12-11(17(26)27)10(6)16(24)25/h1-4H. The molecule has 0 radical (unpaired) electrons. The Balaban J connectivity index is 3.07. The topological polar surface area (TPSA) is 229 Å². The predicted octanol–water partition coefficient (Wildman–Crippen LogP) is 2.29. The predicted molar refractivity (Wildman–Crippen MR) is 82.9 cm³/mol. The molecular weight excluding hydrogens is 376 g/mol. The van der Waals surface area contributed by atoms with Gasteiger partial charge >= 0.3 is 11.5 Å². The van der Waals surface area contributed by atoms with Gasteiger partial charge in [-0.25, -0.2) is 0 Å². The van der Waals surface area contributed by atoms with Crippen LogP contribution in [0.3, 0.4) is 0 Å². The lowest BCUT2D eigenvalue weighted by Gasteiger charge is -2.05. The van der Waals surface area contributed by atoms with Crippen LogP contribution in [-0.2, 0) is 0 Å². The van der Waals surface area contributed by atoms with E-state index in [4.69, 9.17) is 0 Å². The first-order valence-corrected chi connectivity index (χ1v) is 6.45. The number of non-ortho nitro benzene ring substituents is 1. The van der Waals surface area contributed by atoms with E-state index in [9.17, 15) is 50.6 Å². The zero-order chi connectivity index (χ0) is 20.5. The summed E-state index contributed by atoms with van der Waals surface area (Å²) in [5.41, 5.74) is -6.60. The van der Waals surface area contributed by atoms with E-state index in [1.54, 1.807) is 0 Å². The summed E-state index contributed by atoms with van der Waals surface area (Å²) in [6.45, 7) is 0. The molecule has 0 atom stereocenters. The molecule has 1 aromatic carbocycles. The van der Waals surface area contributed by atoms with Crippen LogP contribution in [0.5, 0.6) is 0 Å². The van der Waals surface area contributed by atoms with Gasteiger partial charge in [0.2, 0.25) is 0 Å². The zero-order valence-corrected chi connectivity index (χ0v) is 12.6. The van der Waals surface area contributed by atoms with Crippen LogP contribution in [-0.4, -0.2) is 29.6 Å². The zero-order valence-electron chi connectivity index (χ0n) is 12.6. The molecule has 0 aliphatic rings. The van der Waals surface area contributed by atoms with Crippen molar-refractivity contribution in [3.8, 4) is 11.1 Å². The van der Waals surface area contributed by atoms with Crippen LogP contribution in [0.1, 0.15) is 0 Å². The third kappa shape index (κ3) is 3.29. The molecule has 16 heteroatoms. The summed E-state index contributed by atoms with van der Waals surface area (Å²) in [7, 11) is 0. The van der Waals surface area contributed by atoms with Crippen LogP contribution < -0.4 is 0 Å². The number of aromatic nitrogens is 1. The van der Waals surface area contributed by atoms with Gasteiger partial charge in [-0.05, 0) is 16.0 Å². The fourth-order valence-electron chi connectivity index (χ4n) is 2.22. The van der Waals surface area contributed by atoms with E-state index in [-0.39, 0.29) is 0 Å². The van der Waals surface area contributed by atoms with Crippen molar-refractivity contribution in [3.05, 3.63) is 75.0 Å². The molecule has 0 amide bonds.